The van der Waals surface area contributed by atoms with Crippen LogP contribution in [0.5, 0.6) is 0 Å². The number of carbonyl (C=O) groups is 1. The smallest absolute Gasteiger partial charge is 0.316 e. The van der Waals surface area contributed by atoms with Crippen LogP contribution >= 0.6 is 11.8 Å². The molecule has 3 nitrogen and oxygen atoms in total. The normalized spacial score (nSPS) is 12.2. The Bertz CT molecular complexity index is 913. The molecule has 0 saturated heterocycles. The number of aryl methyl sites for hydroxylation is 2. The van der Waals surface area contributed by atoms with E-state index < -0.39 is 11.2 Å². The van der Waals surface area contributed by atoms with Crippen LogP contribution in [0.15, 0.2) is 59.8 Å². The predicted molar refractivity (Wildman–Crippen MR) is 98.5 cm³/mol. The first kappa shape index (κ1) is 17.4. The van der Waals surface area contributed by atoms with Gasteiger partial charge in [0.15, 0.2) is 0 Å². The highest BCUT2D eigenvalue weighted by atomic mass is 32.2. The van der Waals surface area contributed by atoms with Gasteiger partial charge in [0.25, 0.3) is 0 Å². The lowest BCUT2D eigenvalue weighted by atomic mass is 9.99. The molecular formula is C20H18FNO2S. The van der Waals surface area contributed by atoms with Crippen molar-refractivity contribution in [2.75, 3.05) is 0 Å². The molecule has 0 bridgehead atoms. The van der Waals surface area contributed by atoms with Crippen molar-refractivity contribution in [3.8, 4) is 0 Å². The second-order valence-corrected chi connectivity index (χ2v) is 7.22. The summed E-state index contributed by atoms with van der Waals surface area (Å²) in [7, 11) is 0. The minimum Gasteiger partial charge on any atom is -0.480 e. The van der Waals surface area contributed by atoms with Gasteiger partial charge in [0.1, 0.15) is 11.1 Å². The third-order valence-corrected chi connectivity index (χ3v) is 5.34. The number of aliphatic carboxylic acids is 1. The first-order valence-electron chi connectivity index (χ1n) is 8.04. The number of carboxylic acids is 1. The SMILES string of the molecule is CC(Sc1ccncc1CCc1ccc(F)c2ccccc12)C(=O)O. The average molecular weight is 355 g/mol. The van der Waals surface area contributed by atoms with Crippen LogP contribution in [0.3, 0.4) is 0 Å². The molecule has 0 fully saturated rings. The van der Waals surface area contributed by atoms with E-state index in [2.05, 4.69) is 4.98 Å². The molecular weight excluding hydrogens is 337 g/mol. The van der Waals surface area contributed by atoms with E-state index in [1.165, 1.54) is 17.8 Å². The molecule has 0 spiro atoms. The summed E-state index contributed by atoms with van der Waals surface area (Å²) in [5.41, 5.74) is 2.08. The fourth-order valence-electron chi connectivity index (χ4n) is 2.77. The van der Waals surface area contributed by atoms with E-state index in [0.717, 1.165) is 34.3 Å². The van der Waals surface area contributed by atoms with Crippen molar-refractivity contribution in [3.63, 3.8) is 0 Å². The van der Waals surface area contributed by atoms with E-state index in [-0.39, 0.29) is 5.82 Å². The van der Waals surface area contributed by atoms with Gasteiger partial charge in [-0.05, 0) is 48.4 Å². The van der Waals surface area contributed by atoms with Gasteiger partial charge in [0.05, 0.1) is 0 Å². The molecule has 0 aliphatic rings. The maximum Gasteiger partial charge on any atom is 0.316 e. The molecule has 128 valence electrons. The van der Waals surface area contributed by atoms with Crippen molar-refractivity contribution < 1.29 is 14.3 Å². The number of hydrogen-bond donors (Lipinski definition) is 1. The Labute approximate surface area is 149 Å². The summed E-state index contributed by atoms with van der Waals surface area (Å²) in [6.45, 7) is 1.67. The molecule has 1 N–H and O–H groups in total. The standard InChI is InChI=1S/C20H18FNO2S/c1-13(20(23)24)25-19-10-11-22-12-15(19)7-6-14-8-9-18(21)17-5-3-2-4-16(14)17/h2-5,8-13H,6-7H2,1H3,(H,23,24). The largest absolute Gasteiger partial charge is 0.480 e. The number of thioether (sulfide) groups is 1. The Morgan fingerprint density at radius 2 is 1.84 bits per heavy atom. The predicted octanol–water partition coefficient (Wildman–Crippen LogP) is 4.72. The number of hydrogen-bond acceptors (Lipinski definition) is 3. The van der Waals surface area contributed by atoms with E-state index in [1.54, 1.807) is 25.4 Å². The molecule has 0 radical (unpaired) electrons. The first-order valence-corrected chi connectivity index (χ1v) is 8.92. The molecule has 25 heavy (non-hydrogen) atoms. The summed E-state index contributed by atoms with van der Waals surface area (Å²) in [4.78, 5) is 16.2. The zero-order valence-corrected chi connectivity index (χ0v) is 14.6. The van der Waals surface area contributed by atoms with Crippen molar-refractivity contribution in [1.82, 2.24) is 4.98 Å². The number of rotatable bonds is 6. The molecule has 1 aromatic heterocycles. The van der Waals surface area contributed by atoms with Gasteiger partial charge in [0.2, 0.25) is 0 Å². The van der Waals surface area contributed by atoms with Crippen molar-refractivity contribution in [3.05, 3.63) is 71.8 Å². The highest BCUT2D eigenvalue weighted by Gasteiger charge is 2.15. The van der Waals surface area contributed by atoms with E-state index in [0.29, 0.717) is 5.39 Å². The lowest BCUT2D eigenvalue weighted by molar-refractivity contribution is -0.136. The molecule has 0 saturated carbocycles. The number of benzene rings is 2. The summed E-state index contributed by atoms with van der Waals surface area (Å²) >= 11 is 1.32. The van der Waals surface area contributed by atoms with Gasteiger partial charge < -0.3 is 5.11 Å². The van der Waals surface area contributed by atoms with E-state index in [1.807, 2.05) is 30.3 Å². The van der Waals surface area contributed by atoms with Gasteiger partial charge >= 0.3 is 5.97 Å². The number of carboxylic acid groups (broad SMARTS) is 1. The first-order chi connectivity index (χ1) is 12.1. The van der Waals surface area contributed by atoms with Crippen molar-refractivity contribution >= 4 is 28.5 Å². The topological polar surface area (TPSA) is 50.2 Å². The van der Waals surface area contributed by atoms with E-state index >= 15 is 0 Å². The number of pyridine rings is 1. The molecule has 0 amide bonds. The minimum atomic E-state index is -0.836. The maximum absolute atomic E-state index is 13.9. The Morgan fingerprint density at radius 3 is 2.60 bits per heavy atom. The highest BCUT2D eigenvalue weighted by Crippen LogP contribution is 2.28. The Kier molecular flexibility index (Phi) is 5.34. The number of halogens is 1. The number of aromatic nitrogens is 1. The van der Waals surface area contributed by atoms with Gasteiger partial charge in [-0.1, -0.05) is 30.3 Å². The minimum absolute atomic E-state index is 0.216. The molecule has 5 heteroatoms. The highest BCUT2D eigenvalue weighted by molar-refractivity contribution is 8.00. The summed E-state index contributed by atoms with van der Waals surface area (Å²) in [5.74, 6) is -1.05. The van der Waals surface area contributed by atoms with Crippen molar-refractivity contribution in [2.24, 2.45) is 0 Å². The van der Waals surface area contributed by atoms with Crippen LogP contribution in [0.2, 0.25) is 0 Å². The van der Waals surface area contributed by atoms with Gasteiger partial charge in [-0.15, -0.1) is 11.8 Å². The van der Waals surface area contributed by atoms with Crippen LogP contribution in [0.4, 0.5) is 4.39 Å². The van der Waals surface area contributed by atoms with Crippen LogP contribution in [-0.2, 0) is 17.6 Å². The van der Waals surface area contributed by atoms with Crippen LogP contribution in [-0.4, -0.2) is 21.3 Å². The van der Waals surface area contributed by atoms with Crippen LogP contribution in [0.1, 0.15) is 18.1 Å². The second-order valence-electron chi connectivity index (χ2n) is 5.83. The monoisotopic (exact) mass is 355 g/mol. The van der Waals surface area contributed by atoms with Crippen LogP contribution in [0, 0.1) is 5.82 Å². The molecule has 1 unspecified atom stereocenters. The summed E-state index contributed by atoms with van der Waals surface area (Å²) in [5, 5.41) is 10.1. The molecule has 3 aromatic rings. The second kappa shape index (κ2) is 7.66. The van der Waals surface area contributed by atoms with Gasteiger partial charge in [0, 0.05) is 22.7 Å². The fourth-order valence-corrected chi connectivity index (χ4v) is 3.70. The zero-order chi connectivity index (χ0) is 17.8. The van der Waals surface area contributed by atoms with Crippen molar-refractivity contribution in [1.29, 1.82) is 0 Å². The third-order valence-electron chi connectivity index (χ3n) is 4.14. The number of nitrogens with zero attached hydrogens (tertiary/aromatic N) is 1. The van der Waals surface area contributed by atoms with Crippen LogP contribution in [0.25, 0.3) is 10.8 Å². The Hall–Kier alpha value is -2.40. The summed E-state index contributed by atoms with van der Waals surface area (Å²) in [6.07, 6.45) is 4.91. The van der Waals surface area contributed by atoms with Crippen LogP contribution < -0.4 is 0 Å². The summed E-state index contributed by atoms with van der Waals surface area (Å²) < 4.78 is 13.9. The van der Waals surface area contributed by atoms with E-state index in [9.17, 15) is 9.18 Å². The fraction of sp³-hybridized carbons (Fsp3) is 0.200. The third kappa shape index (κ3) is 3.99. The Morgan fingerprint density at radius 1 is 1.12 bits per heavy atom. The molecule has 0 aliphatic carbocycles. The number of fused-ring (bicyclic) bond motifs is 1. The van der Waals surface area contributed by atoms with Gasteiger partial charge in [-0.2, -0.15) is 0 Å². The van der Waals surface area contributed by atoms with E-state index in [4.69, 9.17) is 5.11 Å². The summed E-state index contributed by atoms with van der Waals surface area (Å²) in [6, 6.07) is 12.6. The molecule has 3 rings (SSSR count). The van der Waals surface area contributed by atoms with Gasteiger partial charge in [-0.25, -0.2) is 4.39 Å². The lowest BCUT2D eigenvalue weighted by Gasteiger charge is -2.12. The maximum atomic E-state index is 13.9. The average Bonchev–Trinajstić information content (AvgIpc) is 2.62. The molecule has 0 aliphatic heterocycles. The zero-order valence-electron chi connectivity index (χ0n) is 13.8. The van der Waals surface area contributed by atoms with Crippen molar-refractivity contribution in [2.45, 2.75) is 29.9 Å². The van der Waals surface area contributed by atoms with Gasteiger partial charge in [-0.3, -0.25) is 9.78 Å². The molecule has 2 aromatic carbocycles. The lowest BCUT2D eigenvalue weighted by Crippen LogP contribution is -2.11. The Balaban J connectivity index is 1.83. The molecule has 1 heterocycles. The quantitative estimate of drug-likeness (QED) is 0.650. The molecule has 1 atom stereocenters.